The Morgan fingerprint density at radius 3 is 2.70 bits per heavy atom. The highest BCUT2D eigenvalue weighted by Crippen LogP contribution is 2.25. The minimum absolute atomic E-state index is 0.0699. The second kappa shape index (κ2) is 9.00. The Labute approximate surface area is 190 Å². The van der Waals surface area contributed by atoms with Crippen LogP contribution < -0.4 is 5.56 Å². The molecule has 3 heterocycles. The van der Waals surface area contributed by atoms with Crippen LogP contribution in [0.4, 0.5) is 4.39 Å². The molecule has 9 heteroatoms. The molecule has 1 fully saturated rings. The maximum Gasteiger partial charge on any atom is 0.280 e. The van der Waals surface area contributed by atoms with Crippen LogP contribution in [0.1, 0.15) is 35.3 Å². The number of pyridine rings is 1. The molecule has 4 rings (SSSR count). The molecule has 1 aliphatic rings. The van der Waals surface area contributed by atoms with E-state index < -0.39 is 11.4 Å². The number of hydrogen-bond donors (Lipinski definition) is 1. The number of nitriles is 1. The van der Waals surface area contributed by atoms with Gasteiger partial charge < -0.3 is 4.90 Å². The Morgan fingerprint density at radius 1 is 1.27 bits per heavy atom. The molecule has 0 bridgehead atoms. The van der Waals surface area contributed by atoms with Gasteiger partial charge in [-0.3, -0.25) is 19.6 Å². The number of carbonyl (C=O) groups is 1. The van der Waals surface area contributed by atoms with Crippen LogP contribution in [-0.4, -0.2) is 62.7 Å². The molecule has 1 unspecified atom stereocenters. The summed E-state index contributed by atoms with van der Waals surface area (Å²) >= 11 is 0. The molecular weight excluding hydrogens is 423 g/mol. The van der Waals surface area contributed by atoms with Crippen LogP contribution >= 0.6 is 0 Å². The molecule has 0 aliphatic carbocycles. The number of aromatic amines is 1. The molecule has 1 atom stereocenters. The van der Waals surface area contributed by atoms with Crippen molar-refractivity contribution in [2.75, 3.05) is 26.2 Å². The monoisotopic (exact) mass is 448 g/mol. The number of rotatable bonds is 4. The van der Waals surface area contributed by atoms with Crippen LogP contribution in [0.2, 0.25) is 0 Å². The van der Waals surface area contributed by atoms with E-state index in [2.05, 4.69) is 21.9 Å². The Morgan fingerprint density at radius 2 is 2.06 bits per heavy atom. The number of aromatic nitrogens is 3. The second-order valence-electron chi connectivity index (χ2n) is 8.19. The van der Waals surface area contributed by atoms with Gasteiger partial charge in [0.05, 0.1) is 16.7 Å². The van der Waals surface area contributed by atoms with Crippen molar-refractivity contribution in [1.29, 1.82) is 5.26 Å². The van der Waals surface area contributed by atoms with E-state index >= 15 is 0 Å². The first-order valence-corrected chi connectivity index (χ1v) is 10.9. The van der Waals surface area contributed by atoms with Crippen LogP contribution in [0.25, 0.3) is 16.9 Å². The first kappa shape index (κ1) is 22.4. The lowest BCUT2D eigenvalue weighted by Gasteiger charge is -2.39. The molecule has 0 radical (unpaired) electrons. The first-order valence-electron chi connectivity index (χ1n) is 10.9. The van der Waals surface area contributed by atoms with Gasteiger partial charge >= 0.3 is 0 Å². The van der Waals surface area contributed by atoms with E-state index in [1.807, 2.05) is 11.8 Å². The molecule has 1 N–H and O–H groups in total. The molecule has 0 saturated carbocycles. The van der Waals surface area contributed by atoms with Crippen LogP contribution in [0, 0.1) is 24.1 Å². The van der Waals surface area contributed by atoms with Gasteiger partial charge in [0, 0.05) is 38.1 Å². The third kappa shape index (κ3) is 4.05. The zero-order valence-corrected chi connectivity index (χ0v) is 18.8. The summed E-state index contributed by atoms with van der Waals surface area (Å²) in [6.07, 6.45) is 2.95. The average Bonchev–Trinajstić information content (AvgIpc) is 3.21. The number of nitrogens with zero attached hydrogens (tertiary/aromatic N) is 5. The molecule has 1 saturated heterocycles. The minimum Gasteiger partial charge on any atom is -0.333 e. The van der Waals surface area contributed by atoms with Crippen molar-refractivity contribution in [3.63, 3.8) is 0 Å². The number of amides is 1. The smallest absolute Gasteiger partial charge is 0.280 e. The highest BCUT2D eigenvalue weighted by atomic mass is 19.1. The van der Waals surface area contributed by atoms with Crippen molar-refractivity contribution in [2.45, 2.75) is 26.8 Å². The predicted octanol–water partition coefficient (Wildman–Crippen LogP) is 2.71. The van der Waals surface area contributed by atoms with E-state index in [0.717, 1.165) is 19.6 Å². The summed E-state index contributed by atoms with van der Waals surface area (Å²) in [7, 11) is 0. The van der Waals surface area contributed by atoms with E-state index in [-0.39, 0.29) is 28.6 Å². The fourth-order valence-corrected chi connectivity index (χ4v) is 4.23. The molecule has 8 nitrogen and oxygen atoms in total. The summed E-state index contributed by atoms with van der Waals surface area (Å²) in [6.45, 7) is 8.98. The normalized spacial score (nSPS) is 16.6. The van der Waals surface area contributed by atoms with E-state index in [1.54, 1.807) is 24.3 Å². The second-order valence-corrected chi connectivity index (χ2v) is 8.19. The molecule has 170 valence electrons. The number of halogens is 1. The average molecular weight is 449 g/mol. The number of likely N-dealkylation sites (N-methyl/N-ethyl adjacent to an activating group) is 1. The standard InChI is InChI=1S/C24H25FN6O2/c1-4-29-9-10-30(15(2)14-29)23(32)18-6-8-21(27-12-18)31-24(33)20(13-28-31)19-7-5-17(11-26)22(25)16(19)3/h5-8,12-13,15,28H,4,9-10,14H2,1-3H3. The zero-order valence-electron chi connectivity index (χ0n) is 18.8. The summed E-state index contributed by atoms with van der Waals surface area (Å²) < 4.78 is 15.6. The van der Waals surface area contributed by atoms with Crippen molar-refractivity contribution in [3.05, 3.63) is 69.5 Å². The molecule has 1 aromatic carbocycles. The van der Waals surface area contributed by atoms with Crippen LogP contribution in [-0.2, 0) is 0 Å². The van der Waals surface area contributed by atoms with Gasteiger partial charge in [0.25, 0.3) is 11.5 Å². The fraction of sp³-hybridized carbons (Fsp3) is 0.333. The summed E-state index contributed by atoms with van der Waals surface area (Å²) in [5.41, 5.74) is 0.875. The topological polar surface area (TPSA) is 98.0 Å². The van der Waals surface area contributed by atoms with Crippen LogP contribution in [0.3, 0.4) is 0 Å². The van der Waals surface area contributed by atoms with Crippen LogP contribution in [0.5, 0.6) is 0 Å². The third-order valence-corrected chi connectivity index (χ3v) is 6.21. The Bertz CT molecular complexity index is 1290. The highest BCUT2D eigenvalue weighted by Gasteiger charge is 2.27. The summed E-state index contributed by atoms with van der Waals surface area (Å²) in [5.74, 6) is -0.406. The molecule has 1 amide bonds. The quantitative estimate of drug-likeness (QED) is 0.662. The first-order chi connectivity index (χ1) is 15.8. The van der Waals surface area contributed by atoms with Crippen molar-refractivity contribution < 1.29 is 9.18 Å². The molecule has 33 heavy (non-hydrogen) atoms. The van der Waals surface area contributed by atoms with Crippen molar-refractivity contribution in [1.82, 2.24) is 24.6 Å². The number of nitrogens with one attached hydrogen (secondary N) is 1. The van der Waals surface area contributed by atoms with Crippen molar-refractivity contribution in [3.8, 4) is 23.0 Å². The summed E-state index contributed by atoms with van der Waals surface area (Å²) in [6, 6.07) is 8.08. The summed E-state index contributed by atoms with van der Waals surface area (Å²) in [4.78, 5) is 34.4. The highest BCUT2D eigenvalue weighted by molar-refractivity contribution is 5.94. The number of benzene rings is 1. The van der Waals surface area contributed by atoms with E-state index in [0.29, 0.717) is 23.5 Å². The van der Waals surface area contributed by atoms with Gasteiger partial charge in [-0.1, -0.05) is 13.0 Å². The van der Waals surface area contributed by atoms with Gasteiger partial charge in [-0.25, -0.2) is 14.1 Å². The summed E-state index contributed by atoms with van der Waals surface area (Å²) in [5, 5.41) is 11.8. The molecule has 3 aromatic rings. The maximum atomic E-state index is 14.4. The maximum absolute atomic E-state index is 14.4. The third-order valence-electron chi connectivity index (χ3n) is 6.21. The zero-order chi connectivity index (χ0) is 23.7. The van der Waals surface area contributed by atoms with Gasteiger partial charge in [-0.2, -0.15) is 5.26 Å². The molecule has 2 aromatic heterocycles. The number of carbonyl (C=O) groups excluding carboxylic acids is 1. The van der Waals surface area contributed by atoms with E-state index in [1.165, 1.54) is 30.1 Å². The number of hydrogen-bond acceptors (Lipinski definition) is 5. The lowest BCUT2D eigenvalue weighted by Crippen LogP contribution is -2.53. The number of H-pyrrole nitrogens is 1. The SMILES string of the molecule is CCN1CCN(C(=O)c2ccc(-n3[nH]cc(-c4ccc(C#N)c(F)c4C)c3=O)nc2)C(C)C1. The van der Waals surface area contributed by atoms with Crippen LogP contribution in [0.15, 0.2) is 41.5 Å². The van der Waals surface area contributed by atoms with Gasteiger partial charge in [-0.15, -0.1) is 0 Å². The van der Waals surface area contributed by atoms with Gasteiger partial charge in [0.1, 0.15) is 11.9 Å². The van der Waals surface area contributed by atoms with Crippen molar-refractivity contribution >= 4 is 5.91 Å². The van der Waals surface area contributed by atoms with E-state index in [4.69, 9.17) is 5.26 Å². The van der Waals surface area contributed by atoms with E-state index in [9.17, 15) is 14.0 Å². The molecule has 1 aliphatic heterocycles. The molecular formula is C24H25FN6O2. The Balaban J connectivity index is 1.58. The van der Waals surface area contributed by atoms with Crippen molar-refractivity contribution in [2.24, 2.45) is 0 Å². The van der Waals surface area contributed by atoms with Gasteiger partial charge in [-0.05, 0) is 49.7 Å². The number of piperazine rings is 1. The minimum atomic E-state index is -0.642. The lowest BCUT2D eigenvalue weighted by molar-refractivity contribution is 0.0499. The Kier molecular flexibility index (Phi) is 6.11. The fourth-order valence-electron chi connectivity index (χ4n) is 4.23. The largest absolute Gasteiger partial charge is 0.333 e. The van der Waals surface area contributed by atoms with Gasteiger partial charge in [0.2, 0.25) is 0 Å². The predicted molar refractivity (Wildman–Crippen MR) is 122 cm³/mol. The lowest BCUT2D eigenvalue weighted by atomic mass is 10.0. The Hall–Kier alpha value is -3.77. The van der Waals surface area contributed by atoms with Gasteiger partial charge in [0.15, 0.2) is 5.82 Å². The molecule has 0 spiro atoms.